The SMILES string of the molecule is CC(O)C(=O)NCc1ccccc1CN(C)Cc1ccco1. The number of aliphatic hydroxyl groups is 1. The summed E-state index contributed by atoms with van der Waals surface area (Å²) in [6.07, 6.45) is 0.677. The van der Waals surface area contributed by atoms with Crippen LogP contribution >= 0.6 is 0 Å². The average Bonchev–Trinajstić information content (AvgIpc) is 2.98. The Hall–Kier alpha value is -2.11. The van der Waals surface area contributed by atoms with Crippen LogP contribution in [0.4, 0.5) is 0 Å². The monoisotopic (exact) mass is 302 g/mol. The van der Waals surface area contributed by atoms with Gasteiger partial charge in [-0.1, -0.05) is 24.3 Å². The molecule has 5 nitrogen and oxygen atoms in total. The van der Waals surface area contributed by atoms with Crippen molar-refractivity contribution in [3.63, 3.8) is 0 Å². The maximum Gasteiger partial charge on any atom is 0.248 e. The third kappa shape index (κ3) is 4.72. The number of amides is 1. The average molecular weight is 302 g/mol. The van der Waals surface area contributed by atoms with Gasteiger partial charge in [0, 0.05) is 13.1 Å². The normalized spacial score (nSPS) is 12.4. The molecule has 1 heterocycles. The Balaban J connectivity index is 1.97. The van der Waals surface area contributed by atoms with Crippen LogP contribution in [0.2, 0.25) is 0 Å². The van der Waals surface area contributed by atoms with E-state index in [1.165, 1.54) is 6.92 Å². The van der Waals surface area contributed by atoms with Crippen molar-refractivity contribution in [1.29, 1.82) is 0 Å². The van der Waals surface area contributed by atoms with Gasteiger partial charge in [0.2, 0.25) is 5.91 Å². The highest BCUT2D eigenvalue weighted by molar-refractivity contribution is 5.79. The van der Waals surface area contributed by atoms with Crippen molar-refractivity contribution in [3.8, 4) is 0 Å². The minimum absolute atomic E-state index is 0.362. The minimum Gasteiger partial charge on any atom is -0.468 e. The molecule has 22 heavy (non-hydrogen) atoms. The molecule has 1 atom stereocenters. The van der Waals surface area contributed by atoms with E-state index in [-0.39, 0.29) is 5.91 Å². The van der Waals surface area contributed by atoms with Crippen molar-refractivity contribution >= 4 is 5.91 Å². The van der Waals surface area contributed by atoms with Gasteiger partial charge in [-0.15, -0.1) is 0 Å². The molecule has 1 amide bonds. The molecule has 1 aromatic heterocycles. The van der Waals surface area contributed by atoms with E-state index in [1.807, 2.05) is 43.4 Å². The van der Waals surface area contributed by atoms with Gasteiger partial charge in [-0.05, 0) is 37.2 Å². The lowest BCUT2D eigenvalue weighted by Crippen LogP contribution is -2.32. The molecule has 2 N–H and O–H groups in total. The summed E-state index contributed by atoms with van der Waals surface area (Å²) in [5, 5.41) is 12.0. The van der Waals surface area contributed by atoms with Crippen LogP contribution in [0.1, 0.15) is 23.8 Å². The number of carbonyl (C=O) groups is 1. The quantitative estimate of drug-likeness (QED) is 0.820. The molecule has 0 aliphatic carbocycles. The second-order valence-corrected chi connectivity index (χ2v) is 5.41. The maximum atomic E-state index is 11.5. The van der Waals surface area contributed by atoms with E-state index in [9.17, 15) is 9.90 Å². The number of carbonyl (C=O) groups excluding carboxylic acids is 1. The maximum absolute atomic E-state index is 11.5. The Morgan fingerprint density at radius 1 is 1.23 bits per heavy atom. The molecular weight excluding hydrogens is 280 g/mol. The van der Waals surface area contributed by atoms with Crippen LogP contribution in [0.25, 0.3) is 0 Å². The molecule has 2 rings (SSSR count). The van der Waals surface area contributed by atoms with Gasteiger partial charge < -0.3 is 14.8 Å². The summed E-state index contributed by atoms with van der Waals surface area (Å²) in [5.74, 6) is 0.557. The van der Waals surface area contributed by atoms with Crippen LogP contribution in [-0.4, -0.2) is 29.1 Å². The number of nitrogens with one attached hydrogen (secondary N) is 1. The van der Waals surface area contributed by atoms with Crippen LogP contribution < -0.4 is 5.32 Å². The van der Waals surface area contributed by atoms with Crippen molar-refractivity contribution in [3.05, 3.63) is 59.5 Å². The summed E-state index contributed by atoms with van der Waals surface area (Å²) in [6.45, 7) is 3.34. The van der Waals surface area contributed by atoms with Gasteiger partial charge in [0.05, 0.1) is 12.8 Å². The molecule has 0 bridgehead atoms. The molecule has 0 radical (unpaired) electrons. The zero-order valence-corrected chi connectivity index (χ0v) is 13.0. The predicted octanol–water partition coefficient (Wildman–Crippen LogP) is 1.91. The number of aliphatic hydroxyl groups excluding tert-OH is 1. The Kier molecular flexibility index (Phi) is 5.75. The number of hydrogen-bond donors (Lipinski definition) is 2. The largest absolute Gasteiger partial charge is 0.468 e. The first-order valence-electron chi connectivity index (χ1n) is 7.29. The van der Waals surface area contributed by atoms with Crippen LogP contribution in [-0.2, 0) is 24.4 Å². The van der Waals surface area contributed by atoms with Crippen LogP contribution in [0.15, 0.2) is 47.1 Å². The molecule has 0 saturated heterocycles. The fraction of sp³-hybridized carbons (Fsp3) is 0.353. The van der Waals surface area contributed by atoms with Gasteiger partial charge in [-0.25, -0.2) is 0 Å². The fourth-order valence-corrected chi connectivity index (χ4v) is 2.23. The van der Waals surface area contributed by atoms with Crippen molar-refractivity contribution in [2.45, 2.75) is 32.7 Å². The Morgan fingerprint density at radius 2 is 1.95 bits per heavy atom. The highest BCUT2D eigenvalue weighted by atomic mass is 16.3. The lowest BCUT2D eigenvalue weighted by Gasteiger charge is -2.18. The molecule has 0 spiro atoms. The lowest BCUT2D eigenvalue weighted by atomic mass is 10.1. The first-order chi connectivity index (χ1) is 10.6. The molecule has 1 aromatic carbocycles. The zero-order chi connectivity index (χ0) is 15.9. The second-order valence-electron chi connectivity index (χ2n) is 5.41. The Morgan fingerprint density at radius 3 is 2.59 bits per heavy atom. The zero-order valence-electron chi connectivity index (χ0n) is 13.0. The summed E-state index contributed by atoms with van der Waals surface area (Å²) in [7, 11) is 2.02. The summed E-state index contributed by atoms with van der Waals surface area (Å²) >= 11 is 0. The predicted molar refractivity (Wildman–Crippen MR) is 83.8 cm³/mol. The van der Waals surface area contributed by atoms with Gasteiger partial charge in [0.25, 0.3) is 0 Å². The molecule has 0 fully saturated rings. The molecule has 0 aliphatic rings. The van der Waals surface area contributed by atoms with Gasteiger partial charge in [0.1, 0.15) is 11.9 Å². The van der Waals surface area contributed by atoms with Crippen molar-refractivity contribution in [1.82, 2.24) is 10.2 Å². The third-order valence-electron chi connectivity index (χ3n) is 3.40. The number of rotatable bonds is 7. The molecular formula is C17H22N2O3. The highest BCUT2D eigenvalue weighted by Gasteiger charge is 2.11. The van der Waals surface area contributed by atoms with E-state index in [0.29, 0.717) is 6.54 Å². The number of nitrogens with zero attached hydrogens (tertiary/aromatic N) is 1. The molecule has 2 aromatic rings. The van der Waals surface area contributed by atoms with Crippen LogP contribution in [0, 0.1) is 0 Å². The first kappa shape index (κ1) is 16.3. The van der Waals surface area contributed by atoms with E-state index in [1.54, 1.807) is 6.26 Å². The second kappa shape index (κ2) is 7.77. The number of benzene rings is 1. The van der Waals surface area contributed by atoms with Gasteiger partial charge >= 0.3 is 0 Å². The topological polar surface area (TPSA) is 65.7 Å². The lowest BCUT2D eigenvalue weighted by molar-refractivity contribution is -0.128. The molecule has 0 saturated carbocycles. The standard InChI is InChI=1S/C17H22N2O3/c1-13(20)17(21)18-10-14-6-3-4-7-15(14)11-19(2)12-16-8-5-9-22-16/h3-9,13,20H,10-12H2,1-2H3,(H,18,21). The molecule has 118 valence electrons. The van der Waals surface area contributed by atoms with Gasteiger partial charge in [0.15, 0.2) is 0 Å². The number of furan rings is 1. The Labute approximate surface area is 130 Å². The number of hydrogen-bond acceptors (Lipinski definition) is 4. The minimum atomic E-state index is -0.992. The van der Waals surface area contributed by atoms with Crippen LogP contribution in [0.3, 0.4) is 0 Å². The van der Waals surface area contributed by atoms with E-state index in [4.69, 9.17) is 4.42 Å². The Bertz CT molecular complexity index is 594. The summed E-state index contributed by atoms with van der Waals surface area (Å²) in [4.78, 5) is 13.6. The van der Waals surface area contributed by atoms with E-state index >= 15 is 0 Å². The molecule has 5 heteroatoms. The smallest absolute Gasteiger partial charge is 0.248 e. The van der Waals surface area contributed by atoms with Crippen molar-refractivity contribution in [2.24, 2.45) is 0 Å². The van der Waals surface area contributed by atoms with E-state index < -0.39 is 6.10 Å². The fourth-order valence-electron chi connectivity index (χ4n) is 2.23. The van der Waals surface area contributed by atoms with Crippen molar-refractivity contribution < 1.29 is 14.3 Å². The summed E-state index contributed by atoms with van der Waals surface area (Å²) in [5.41, 5.74) is 2.19. The highest BCUT2D eigenvalue weighted by Crippen LogP contribution is 2.13. The first-order valence-corrected chi connectivity index (χ1v) is 7.29. The molecule has 1 unspecified atom stereocenters. The van der Waals surface area contributed by atoms with Crippen LogP contribution in [0.5, 0.6) is 0 Å². The molecule has 0 aliphatic heterocycles. The third-order valence-corrected chi connectivity index (χ3v) is 3.40. The summed E-state index contributed by atoms with van der Waals surface area (Å²) < 4.78 is 5.35. The van der Waals surface area contributed by atoms with Crippen molar-refractivity contribution in [2.75, 3.05) is 7.05 Å². The van der Waals surface area contributed by atoms with Gasteiger partial charge in [-0.3, -0.25) is 9.69 Å². The van der Waals surface area contributed by atoms with E-state index in [2.05, 4.69) is 10.2 Å². The summed E-state index contributed by atoms with van der Waals surface area (Å²) in [6, 6.07) is 11.8. The van der Waals surface area contributed by atoms with Gasteiger partial charge in [-0.2, -0.15) is 0 Å². The van der Waals surface area contributed by atoms with E-state index in [0.717, 1.165) is 30.0 Å².